The van der Waals surface area contributed by atoms with Crippen LogP contribution in [0.25, 0.3) is 0 Å². The average Bonchev–Trinajstić information content (AvgIpc) is 3.21. The summed E-state index contributed by atoms with van der Waals surface area (Å²) in [4.78, 5) is 36.0. The molecule has 2 rings (SSSR count). The molecule has 0 spiro atoms. The average molecular weight is 265 g/mol. The van der Waals surface area contributed by atoms with E-state index in [1.54, 1.807) is 6.92 Å². The summed E-state index contributed by atoms with van der Waals surface area (Å²) in [6, 6.07) is 2.65. The van der Waals surface area contributed by atoms with Crippen molar-refractivity contribution in [2.75, 3.05) is 13.2 Å². The highest BCUT2D eigenvalue weighted by atomic mass is 16.5. The molecular formula is C13H15NO5. The fourth-order valence-electron chi connectivity index (χ4n) is 1.74. The lowest BCUT2D eigenvalue weighted by Crippen LogP contribution is -2.38. The number of hydrogen-bond donors (Lipinski definition) is 0. The molecule has 1 heterocycles. The highest BCUT2D eigenvalue weighted by Crippen LogP contribution is 2.28. The zero-order valence-corrected chi connectivity index (χ0v) is 10.6. The van der Waals surface area contributed by atoms with Gasteiger partial charge in [0.2, 0.25) is 0 Å². The number of carbonyl (C=O) groups excluding carboxylic acids is 2. The number of esters is 1. The molecule has 6 heteroatoms. The molecule has 1 fully saturated rings. The minimum atomic E-state index is -0.514. The molecule has 0 bridgehead atoms. The van der Waals surface area contributed by atoms with E-state index in [0.29, 0.717) is 0 Å². The van der Waals surface area contributed by atoms with Crippen molar-refractivity contribution in [2.45, 2.75) is 25.8 Å². The van der Waals surface area contributed by atoms with Gasteiger partial charge >= 0.3 is 11.6 Å². The molecule has 0 N–H and O–H groups in total. The molecule has 1 amide bonds. The van der Waals surface area contributed by atoms with E-state index in [2.05, 4.69) is 4.42 Å². The van der Waals surface area contributed by atoms with Crippen LogP contribution >= 0.6 is 0 Å². The highest BCUT2D eigenvalue weighted by molar-refractivity contribution is 5.96. The SMILES string of the molecule is CCOC(=O)CN(C(=O)c1ccc(=O)oc1)C1CC1. The molecule has 0 aromatic carbocycles. The Morgan fingerprint density at radius 3 is 2.68 bits per heavy atom. The van der Waals surface area contributed by atoms with Crippen LogP contribution in [0.5, 0.6) is 0 Å². The van der Waals surface area contributed by atoms with Crippen molar-refractivity contribution < 1.29 is 18.7 Å². The van der Waals surface area contributed by atoms with Gasteiger partial charge in [-0.05, 0) is 25.8 Å². The Kier molecular flexibility index (Phi) is 3.99. The van der Waals surface area contributed by atoms with Crippen molar-refractivity contribution in [2.24, 2.45) is 0 Å². The maximum atomic E-state index is 12.2. The number of hydrogen-bond acceptors (Lipinski definition) is 5. The lowest BCUT2D eigenvalue weighted by molar-refractivity contribution is -0.144. The van der Waals surface area contributed by atoms with Gasteiger partial charge in [0.1, 0.15) is 12.8 Å². The first-order valence-electron chi connectivity index (χ1n) is 6.17. The van der Waals surface area contributed by atoms with Crippen LogP contribution in [0.3, 0.4) is 0 Å². The van der Waals surface area contributed by atoms with E-state index >= 15 is 0 Å². The summed E-state index contributed by atoms with van der Waals surface area (Å²) in [5.41, 5.74) is -0.254. The molecule has 6 nitrogen and oxygen atoms in total. The van der Waals surface area contributed by atoms with Crippen LogP contribution in [0.2, 0.25) is 0 Å². The van der Waals surface area contributed by atoms with Crippen LogP contribution in [-0.2, 0) is 9.53 Å². The summed E-state index contributed by atoms with van der Waals surface area (Å²) in [5.74, 6) is -0.751. The Hall–Kier alpha value is -2.11. The summed E-state index contributed by atoms with van der Waals surface area (Å²) in [5, 5.41) is 0. The molecule has 102 valence electrons. The molecule has 1 aromatic rings. The van der Waals surface area contributed by atoms with Gasteiger partial charge in [-0.15, -0.1) is 0 Å². The minimum absolute atomic E-state index is 0.0729. The van der Waals surface area contributed by atoms with Crippen molar-refractivity contribution in [3.8, 4) is 0 Å². The van der Waals surface area contributed by atoms with Gasteiger partial charge in [-0.3, -0.25) is 9.59 Å². The zero-order chi connectivity index (χ0) is 13.8. The maximum absolute atomic E-state index is 12.2. The third kappa shape index (κ3) is 3.43. The second-order valence-corrected chi connectivity index (χ2v) is 4.31. The zero-order valence-electron chi connectivity index (χ0n) is 10.6. The van der Waals surface area contributed by atoms with E-state index in [1.165, 1.54) is 17.0 Å². The Morgan fingerprint density at radius 2 is 2.16 bits per heavy atom. The molecule has 0 aliphatic heterocycles. The second kappa shape index (κ2) is 5.69. The lowest BCUT2D eigenvalue weighted by atomic mass is 10.2. The van der Waals surface area contributed by atoms with Crippen LogP contribution in [-0.4, -0.2) is 36.0 Å². The van der Waals surface area contributed by atoms with E-state index in [-0.39, 0.29) is 30.7 Å². The summed E-state index contributed by atoms with van der Waals surface area (Å²) in [6.07, 6.45) is 2.87. The Morgan fingerprint density at radius 1 is 1.42 bits per heavy atom. The first-order chi connectivity index (χ1) is 9.11. The first-order valence-corrected chi connectivity index (χ1v) is 6.17. The van der Waals surface area contributed by atoms with Gasteiger partial charge in [0, 0.05) is 12.1 Å². The van der Waals surface area contributed by atoms with E-state index < -0.39 is 11.6 Å². The van der Waals surface area contributed by atoms with Gasteiger partial charge < -0.3 is 14.1 Å². The Balaban J connectivity index is 2.10. The number of carbonyl (C=O) groups is 2. The standard InChI is InChI=1S/C13H15NO5/c1-2-18-12(16)7-14(10-4-5-10)13(17)9-3-6-11(15)19-8-9/h3,6,8,10H,2,4-5,7H2,1H3. The van der Waals surface area contributed by atoms with Crippen molar-refractivity contribution in [1.29, 1.82) is 0 Å². The summed E-state index contributed by atoms with van der Waals surface area (Å²) < 4.78 is 9.51. The quantitative estimate of drug-likeness (QED) is 0.736. The van der Waals surface area contributed by atoms with Crippen LogP contribution in [0, 0.1) is 0 Å². The molecule has 1 aliphatic carbocycles. The van der Waals surface area contributed by atoms with Gasteiger partial charge in [0.15, 0.2) is 0 Å². The fraction of sp³-hybridized carbons (Fsp3) is 0.462. The van der Waals surface area contributed by atoms with Crippen LogP contribution < -0.4 is 5.63 Å². The summed E-state index contributed by atoms with van der Waals surface area (Å²) in [7, 11) is 0. The van der Waals surface area contributed by atoms with E-state index in [9.17, 15) is 14.4 Å². The van der Waals surface area contributed by atoms with Crippen molar-refractivity contribution in [3.05, 3.63) is 34.4 Å². The van der Waals surface area contributed by atoms with Crippen molar-refractivity contribution in [3.63, 3.8) is 0 Å². The molecule has 0 radical (unpaired) electrons. The number of ether oxygens (including phenoxy) is 1. The molecular weight excluding hydrogens is 250 g/mol. The second-order valence-electron chi connectivity index (χ2n) is 4.31. The molecule has 0 atom stereocenters. The van der Waals surface area contributed by atoms with E-state index in [4.69, 9.17) is 4.74 Å². The number of amides is 1. The number of rotatable bonds is 5. The van der Waals surface area contributed by atoms with Crippen LogP contribution in [0.4, 0.5) is 0 Å². The van der Waals surface area contributed by atoms with Gasteiger partial charge in [0.05, 0.1) is 12.2 Å². The number of nitrogens with zero attached hydrogens (tertiary/aromatic N) is 1. The topological polar surface area (TPSA) is 76.8 Å². The lowest BCUT2D eigenvalue weighted by Gasteiger charge is -2.20. The van der Waals surface area contributed by atoms with Crippen LogP contribution in [0.1, 0.15) is 30.1 Å². The summed E-state index contributed by atoms with van der Waals surface area (Å²) >= 11 is 0. The van der Waals surface area contributed by atoms with E-state index in [0.717, 1.165) is 19.1 Å². The molecule has 1 saturated carbocycles. The largest absolute Gasteiger partial charge is 0.465 e. The van der Waals surface area contributed by atoms with Crippen molar-refractivity contribution in [1.82, 2.24) is 4.90 Å². The van der Waals surface area contributed by atoms with Gasteiger partial charge in [0.25, 0.3) is 5.91 Å². The maximum Gasteiger partial charge on any atom is 0.335 e. The molecule has 1 aliphatic rings. The van der Waals surface area contributed by atoms with E-state index in [1.807, 2.05) is 0 Å². The third-order valence-corrected chi connectivity index (χ3v) is 2.80. The van der Waals surface area contributed by atoms with Gasteiger partial charge in [-0.2, -0.15) is 0 Å². The Labute approximate surface area is 110 Å². The van der Waals surface area contributed by atoms with Crippen molar-refractivity contribution >= 4 is 11.9 Å². The normalized spacial score (nSPS) is 13.9. The molecule has 19 heavy (non-hydrogen) atoms. The third-order valence-electron chi connectivity index (χ3n) is 2.80. The molecule has 0 unspecified atom stereocenters. The smallest absolute Gasteiger partial charge is 0.335 e. The Bertz CT molecular complexity index is 512. The monoisotopic (exact) mass is 265 g/mol. The van der Waals surface area contributed by atoms with Crippen LogP contribution in [0.15, 0.2) is 27.6 Å². The highest BCUT2D eigenvalue weighted by Gasteiger charge is 2.34. The van der Waals surface area contributed by atoms with Gasteiger partial charge in [-0.25, -0.2) is 4.79 Å². The molecule has 1 aromatic heterocycles. The predicted molar refractivity (Wildman–Crippen MR) is 65.7 cm³/mol. The fourth-order valence-corrected chi connectivity index (χ4v) is 1.74. The summed E-state index contributed by atoms with van der Waals surface area (Å²) in [6.45, 7) is 1.93. The van der Waals surface area contributed by atoms with Gasteiger partial charge in [-0.1, -0.05) is 0 Å². The predicted octanol–water partition coefficient (Wildman–Crippen LogP) is 0.807. The molecule has 0 saturated heterocycles. The minimum Gasteiger partial charge on any atom is -0.465 e. The first kappa shape index (κ1) is 13.3.